The summed E-state index contributed by atoms with van der Waals surface area (Å²) in [5.74, 6) is -0.452. The van der Waals surface area contributed by atoms with Crippen LogP contribution in [0.2, 0.25) is 0 Å². The summed E-state index contributed by atoms with van der Waals surface area (Å²) >= 11 is 0. The van der Waals surface area contributed by atoms with Crippen molar-refractivity contribution in [3.05, 3.63) is 11.4 Å². The van der Waals surface area contributed by atoms with Gasteiger partial charge in [-0.05, 0) is 19.3 Å². The van der Waals surface area contributed by atoms with E-state index in [-0.39, 0.29) is 12.7 Å². The fourth-order valence-corrected chi connectivity index (χ4v) is 1.98. The number of aryl methyl sites for hydroxylation is 1. The van der Waals surface area contributed by atoms with Gasteiger partial charge in [-0.2, -0.15) is 15.4 Å². The van der Waals surface area contributed by atoms with Crippen LogP contribution < -0.4 is 5.73 Å². The van der Waals surface area contributed by atoms with Gasteiger partial charge in [0, 0.05) is 0 Å². The molecule has 0 aliphatic heterocycles. The summed E-state index contributed by atoms with van der Waals surface area (Å²) in [7, 11) is 0. The lowest BCUT2D eigenvalue weighted by atomic mass is 9.99. The smallest absolute Gasteiger partial charge is 0.243 e. The number of ether oxygens (including phenoxy) is 1. The number of carbonyl (C=O) groups excluding carboxylic acids is 1. The van der Waals surface area contributed by atoms with Gasteiger partial charge in [-0.15, -0.1) is 0 Å². The molecule has 1 aromatic heterocycles. The minimum absolute atomic E-state index is 0.0586. The average molecular weight is 224 g/mol. The number of nitrogens with one attached hydrogen (secondary N) is 1. The van der Waals surface area contributed by atoms with Crippen LogP contribution in [0, 0.1) is 0 Å². The van der Waals surface area contributed by atoms with E-state index in [0.717, 1.165) is 43.5 Å². The Morgan fingerprint density at radius 3 is 3.12 bits per heavy atom. The zero-order valence-corrected chi connectivity index (χ0v) is 9.11. The monoisotopic (exact) mass is 224 g/mol. The highest BCUT2D eigenvalue weighted by Gasteiger charge is 2.22. The molecule has 1 unspecified atom stereocenters. The highest BCUT2D eigenvalue weighted by molar-refractivity contribution is 5.75. The summed E-state index contributed by atoms with van der Waals surface area (Å²) in [5, 5.41) is 10.8. The molecule has 0 spiro atoms. The van der Waals surface area contributed by atoms with E-state index in [2.05, 4.69) is 15.4 Å². The van der Waals surface area contributed by atoms with Crippen molar-refractivity contribution < 1.29 is 9.53 Å². The van der Waals surface area contributed by atoms with Crippen molar-refractivity contribution in [3.63, 3.8) is 0 Å². The molecule has 0 bridgehead atoms. The number of carbonyl (C=O) groups is 1. The molecule has 6 heteroatoms. The number of hydrogen-bond acceptors (Lipinski definition) is 4. The number of rotatable bonds is 3. The number of nitrogens with zero attached hydrogens (tertiary/aromatic N) is 2. The fourth-order valence-electron chi connectivity index (χ4n) is 1.98. The third kappa shape index (κ3) is 2.57. The van der Waals surface area contributed by atoms with E-state index in [1.807, 2.05) is 0 Å². The Balaban J connectivity index is 2.09. The number of amides is 1. The van der Waals surface area contributed by atoms with Gasteiger partial charge in [0.2, 0.25) is 5.91 Å². The molecular formula is C10H16N4O2. The van der Waals surface area contributed by atoms with Crippen LogP contribution in [0.3, 0.4) is 0 Å². The van der Waals surface area contributed by atoms with Crippen LogP contribution >= 0.6 is 0 Å². The van der Waals surface area contributed by atoms with Gasteiger partial charge in [0.1, 0.15) is 18.4 Å². The Morgan fingerprint density at radius 1 is 1.44 bits per heavy atom. The first-order valence-electron chi connectivity index (χ1n) is 5.57. The van der Waals surface area contributed by atoms with Crippen molar-refractivity contribution in [2.45, 2.75) is 38.2 Å². The minimum atomic E-state index is -0.452. The average Bonchev–Trinajstić information content (AvgIpc) is 2.65. The maximum absolute atomic E-state index is 10.7. The van der Waals surface area contributed by atoms with Crippen LogP contribution in [-0.4, -0.2) is 27.9 Å². The van der Waals surface area contributed by atoms with Crippen molar-refractivity contribution in [1.82, 2.24) is 15.4 Å². The summed E-state index contributed by atoms with van der Waals surface area (Å²) in [6.07, 6.45) is 5.00. The second-order valence-corrected chi connectivity index (χ2v) is 4.02. The molecule has 6 nitrogen and oxygen atoms in total. The molecule has 1 aliphatic rings. The third-order valence-corrected chi connectivity index (χ3v) is 2.76. The molecule has 3 N–H and O–H groups in total. The van der Waals surface area contributed by atoms with Crippen molar-refractivity contribution in [3.8, 4) is 0 Å². The van der Waals surface area contributed by atoms with Gasteiger partial charge in [0.25, 0.3) is 0 Å². The number of aromatic amines is 1. The Bertz CT molecular complexity index is 363. The van der Waals surface area contributed by atoms with Crippen LogP contribution in [-0.2, 0) is 16.0 Å². The zero-order chi connectivity index (χ0) is 11.4. The summed E-state index contributed by atoms with van der Waals surface area (Å²) in [5.41, 5.74) is 6.85. The highest BCUT2D eigenvalue weighted by Crippen LogP contribution is 2.27. The molecule has 0 saturated carbocycles. The first-order chi connectivity index (χ1) is 7.77. The highest BCUT2D eigenvalue weighted by atomic mass is 16.5. The minimum Gasteiger partial charge on any atom is -0.368 e. The van der Waals surface area contributed by atoms with E-state index in [4.69, 9.17) is 10.5 Å². The molecule has 0 fully saturated rings. The van der Waals surface area contributed by atoms with E-state index in [1.54, 1.807) is 0 Å². The predicted octanol–water partition coefficient (Wildman–Crippen LogP) is 0.464. The van der Waals surface area contributed by atoms with E-state index in [9.17, 15) is 4.79 Å². The number of primary amides is 1. The molecule has 1 aliphatic carbocycles. The molecule has 1 aromatic rings. The lowest BCUT2D eigenvalue weighted by Crippen LogP contribution is -2.21. The quantitative estimate of drug-likeness (QED) is 0.780. The number of aromatic nitrogens is 3. The van der Waals surface area contributed by atoms with Gasteiger partial charge < -0.3 is 10.5 Å². The molecule has 1 heterocycles. The maximum Gasteiger partial charge on any atom is 0.243 e. The molecule has 1 atom stereocenters. The zero-order valence-electron chi connectivity index (χ0n) is 9.11. The third-order valence-electron chi connectivity index (χ3n) is 2.76. The summed E-state index contributed by atoms with van der Waals surface area (Å²) in [6, 6.07) is 0. The number of hydrogen-bond donors (Lipinski definition) is 2. The van der Waals surface area contributed by atoms with Gasteiger partial charge in [-0.3, -0.25) is 4.79 Å². The van der Waals surface area contributed by atoms with Gasteiger partial charge >= 0.3 is 0 Å². The van der Waals surface area contributed by atoms with Crippen molar-refractivity contribution >= 4 is 5.91 Å². The van der Waals surface area contributed by atoms with Crippen LogP contribution in [0.25, 0.3) is 0 Å². The topological polar surface area (TPSA) is 93.9 Å². The Labute approximate surface area is 93.5 Å². The summed E-state index contributed by atoms with van der Waals surface area (Å²) < 4.78 is 5.47. The lowest BCUT2D eigenvalue weighted by Gasteiger charge is -2.18. The number of H-pyrrole nitrogens is 1. The molecule has 88 valence electrons. The fraction of sp³-hybridized carbons (Fsp3) is 0.700. The summed E-state index contributed by atoms with van der Waals surface area (Å²) in [4.78, 5) is 10.7. The summed E-state index contributed by atoms with van der Waals surface area (Å²) in [6.45, 7) is -0.0586. The van der Waals surface area contributed by atoms with Gasteiger partial charge in [-0.1, -0.05) is 12.8 Å². The molecule has 2 rings (SSSR count). The van der Waals surface area contributed by atoms with Gasteiger partial charge in [0.15, 0.2) is 0 Å². The molecule has 16 heavy (non-hydrogen) atoms. The van der Waals surface area contributed by atoms with Crippen LogP contribution in [0.15, 0.2) is 0 Å². The Kier molecular flexibility index (Phi) is 3.51. The lowest BCUT2D eigenvalue weighted by molar-refractivity contribution is -0.124. The van der Waals surface area contributed by atoms with Gasteiger partial charge in [-0.25, -0.2) is 0 Å². The molecule has 0 saturated heterocycles. The predicted molar refractivity (Wildman–Crippen MR) is 56.4 cm³/mol. The molecule has 0 radical (unpaired) electrons. The van der Waals surface area contributed by atoms with E-state index in [1.165, 1.54) is 0 Å². The van der Waals surface area contributed by atoms with E-state index < -0.39 is 5.91 Å². The second-order valence-electron chi connectivity index (χ2n) is 4.02. The van der Waals surface area contributed by atoms with E-state index >= 15 is 0 Å². The SMILES string of the molecule is NC(=O)COC1CCCCCc2n[nH]nc21. The molecule has 0 aromatic carbocycles. The molecule has 1 amide bonds. The largest absolute Gasteiger partial charge is 0.368 e. The standard InChI is InChI=1S/C10H16N4O2/c11-9(15)6-16-8-5-3-1-2-4-7-10(8)13-14-12-7/h8H,1-6H2,(H2,11,15)(H,12,13,14). The molecular weight excluding hydrogens is 208 g/mol. The normalized spacial score (nSPS) is 20.9. The Hall–Kier alpha value is -1.43. The van der Waals surface area contributed by atoms with Crippen LogP contribution in [0.4, 0.5) is 0 Å². The van der Waals surface area contributed by atoms with E-state index in [0.29, 0.717) is 0 Å². The Morgan fingerprint density at radius 2 is 2.31 bits per heavy atom. The first kappa shape index (κ1) is 11.1. The maximum atomic E-state index is 10.7. The van der Waals surface area contributed by atoms with Crippen molar-refractivity contribution in [2.24, 2.45) is 5.73 Å². The van der Waals surface area contributed by atoms with Crippen LogP contribution in [0.1, 0.15) is 43.2 Å². The first-order valence-corrected chi connectivity index (χ1v) is 5.57. The van der Waals surface area contributed by atoms with Crippen molar-refractivity contribution in [1.29, 1.82) is 0 Å². The van der Waals surface area contributed by atoms with Crippen LogP contribution in [0.5, 0.6) is 0 Å². The van der Waals surface area contributed by atoms with Gasteiger partial charge in [0.05, 0.1) is 5.69 Å². The van der Waals surface area contributed by atoms with Crippen molar-refractivity contribution in [2.75, 3.05) is 6.61 Å². The number of nitrogens with two attached hydrogens (primary N) is 1. The number of fused-ring (bicyclic) bond motifs is 1. The second kappa shape index (κ2) is 5.07.